The number of amides is 1. The van der Waals surface area contributed by atoms with Gasteiger partial charge in [0.05, 0.1) is 17.3 Å². The topological polar surface area (TPSA) is 137 Å². The van der Waals surface area contributed by atoms with Crippen LogP contribution in [0.15, 0.2) is 24.5 Å². The monoisotopic (exact) mass is 341 g/mol. The van der Waals surface area contributed by atoms with E-state index in [0.29, 0.717) is 23.4 Å². The molecule has 0 saturated carbocycles. The molecule has 0 radical (unpaired) electrons. The molecule has 1 aromatic carbocycles. The van der Waals surface area contributed by atoms with E-state index < -0.39 is 12.1 Å². The van der Waals surface area contributed by atoms with Crippen molar-refractivity contribution in [3.05, 3.63) is 35.7 Å². The molecule has 128 valence electrons. The molecule has 2 aromatic rings. The van der Waals surface area contributed by atoms with Crippen LogP contribution >= 0.6 is 0 Å². The number of hydrogen-bond acceptors (Lipinski definition) is 7. The number of ketones is 1. The lowest BCUT2D eigenvalue weighted by atomic mass is 9.97. The molecule has 10 nitrogen and oxygen atoms in total. The molecule has 1 aromatic heterocycles. The normalized spacial score (nSPS) is 17.1. The van der Waals surface area contributed by atoms with E-state index in [0.717, 1.165) is 4.90 Å². The van der Waals surface area contributed by atoms with Crippen molar-refractivity contribution in [1.29, 1.82) is 5.26 Å². The Morgan fingerprint density at radius 1 is 1.44 bits per heavy atom. The smallest absolute Gasteiger partial charge is 0.408 e. The third-order valence-corrected chi connectivity index (χ3v) is 4.05. The Labute approximate surface area is 142 Å². The van der Waals surface area contributed by atoms with Crippen LogP contribution < -0.4 is 5.32 Å². The van der Waals surface area contributed by atoms with E-state index in [1.54, 1.807) is 18.2 Å². The zero-order valence-corrected chi connectivity index (χ0v) is 13.2. The van der Waals surface area contributed by atoms with Gasteiger partial charge in [0.2, 0.25) is 0 Å². The maximum atomic E-state index is 12.6. The Morgan fingerprint density at radius 3 is 2.96 bits per heavy atom. The van der Waals surface area contributed by atoms with Gasteiger partial charge in [0.1, 0.15) is 12.4 Å². The quantitative estimate of drug-likeness (QED) is 0.766. The second-order valence-electron chi connectivity index (χ2n) is 5.55. The van der Waals surface area contributed by atoms with Crippen LogP contribution in [0.3, 0.4) is 0 Å². The number of piperazine rings is 1. The van der Waals surface area contributed by atoms with Crippen LogP contribution in [0.2, 0.25) is 0 Å². The zero-order valence-electron chi connectivity index (χ0n) is 13.2. The van der Waals surface area contributed by atoms with Crippen molar-refractivity contribution >= 4 is 11.9 Å². The molecule has 2 heterocycles. The van der Waals surface area contributed by atoms with Crippen LogP contribution in [0.1, 0.15) is 11.1 Å². The van der Waals surface area contributed by atoms with Gasteiger partial charge in [0, 0.05) is 26.1 Å². The van der Waals surface area contributed by atoms with Gasteiger partial charge in [0.25, 0.3) is 0 Å². The molecule has 10 heteroatoms. The number of carbonyl (C=O) groups excluding carboxylic acids is 1. The van der Waals surface area contributed by atoms with Gasteiger partial charge in [-0.1, -0.05) is 6.07 Å². The molecule has 3 rings (SSSR count). The maximum absolute atomic E-state index is 12.6. The van der Waals surface area contributed by atoms with Crippen LogP contribution in [-0.2, 0) is 11.2 Å². The number of aromatic nitrogens is 4. The van der Waals surface area contributed by atoms with Crippen molar-refractivity contribution in [2.75, 3.05) is 19.6 Å². The fourth-order valence-corrected chi connectivity index (χ4v) is 2.77. The van der Waals surface area contributed by atoms with E-state index in [2.05, 4.69) is 26.9 Å². The Balaban J connectivity index is 1.81. The summed E-state index contributed by atoms with van der Waals surface area (Å²) in [6.07, 6.45) is 0.267. The third-order valence-electron chi connectivity index (χ3n) is 4.05. The molecule has 0 aliphatic carbocycles. The summed E-state index contributed by atoms with van der Waals surface area (Å²) in [7, 11) is 0. The fourth-order valence-electron chi connectivity index (χ4n) is 2.77. The summed E-state index contributed by atoms with van der Waals surface area (Å²) in [4.78, 5) is 25.0. The van der Waals surface area contributed by atoms with Crippen molar-refractivity contribution in [1.82, 2.24) is 30.4 Å². The van der Waals surface area contributed by atoms with Crippen LogP contribution in [0.4, 0.5) is 4.79 Å². The highest BCUT2D eigenvalue weighted by atomic mass is 16.4. The number of rotatable bonds is 4. The van der Waals surface area contributed by atoms with Crippen molar-refractivity contribution in [3.8, 4) is 11.8 Å². The lowest BCUT2D eigenvalue weighted by Gasteiger charge is -2.33. The van der Waals surface area contributed by atoms with Gasteiger partial charge < -0.3 is 10.4 Å². The molecular weight excluding hydrogens is 326 g/mol. The molecule has 25 heavy (non-hydrogen) atoms. The van der Waals surface area contributed by atoms with Gasteiger partial charge in [-0.05, 0) is 28.1 Å². The summed E-state index contributed by atoms with van der Waals surface area (Å²) in [5, 5.41) is 32.5. The van der Waals surface area contributed by atoms with E-state index in [1.165, 1.54) is 11.0 Å². The largest absolute Gasteiger partial charge is 0.465 e. The third kappa shape index (κ3) is 3.46. The predicted octanol–water partition coefficient (Wildman–Crippen LogP) is -0.403. The first-order valence-electron chi connectivity index (χ1n) is 7.59. The van der Waals surface area contributed by atoms with Crippen LogP contribution in [0.25, 0.3) is 5.69 Å². The summed E-state index contributed by atoms with van der Waals surface area (Å²) in [5.41, 5.74) is 1.47. The molecule has 0 bridgehead atoms. The standard InChI is InChI=1S/C15H15N7O3/c16-7-11-5-12(22-9-18-19-20-22)2-1-10(11)6-14(23)13-8-17-3-4-21(13)15(24)25/h1-2,5,9,13,17H,3-4,6,8H2,(H,24,25). The van der Waals surface area contributed by atoms with Crippen molar-refractivity contribution in [3.63, 3.8) is 0 Å². The van der Waals surface area contributed by atoms with Crippen molar-refractivity contribution in [2.24, 2.45) is 0 Å². The Bertz CT molecular complexity index is 828. The lowest BCUT2D eigenvalue weighted by molar-refractivity contribution is -0.123. The van der Waals surface area contributed by atoms with Gasteiger partial charge in [-0.15, -0.1) is 5.10 Å². The molecule has 1 atom stereocenters. The maximum Gasteiger partial charge on any atom is 0.408 e. The Morgan fingerprint density at radius 2 is 2.28 bits per heavy atom. The van der Waals surface area contributed by atoms with E-state index in [4.69, 9.17) is 0 Å². The average molecular weight is 341 g/mol. The van der Waals surface area contributed by atoms with E-state index in [9.17, 15) is 20.0 Å². The van der Waals surface area contributed by atoms with Gasteiger partial charge in [0.15, 0.2) is 5.78 Å². The van der Waals surface area contributed by atoms with Crippen LogP contribution in [-0.4, -0.2) is 67.8 Å². The molecule has 2 N–H and O–H groups in total. The number of tetrazole rings is 1. The summed E-state index contributed by atoms with van der Waals surface area (Å²) in [5.74, 6) is -0.249. The first kappa shape index (κ1) is 16.5. The molecular formula is C15H15N7O3. The Hall–Kier alpha value is -3.32. The predicted molar refractivity (Wildman–Crippen MR) is 84.0 cm³/mol. The molecule has 1 unspecified atom stereocenters. The second kappa shape index (κ2) is 7.06. The first-order chi connectivity index (χ1) is 12.1. The summed E-state index contributed by atoms with van der Waals surface area (Å²) in [6, 6.07) is 6.26. The van der Waals surface area contributed by atoms with Gasteiger partial charge >= 0.3 is 6.09 Å². The number of nitrogens with zero attached hydrogens (tertiary/aromatic N) is 6. The molecule has 1 amide bonds. The SMILES string of the molecule is N#Cc1cc(-n2cnnn2)ccc1CC(=O)C1CNCCN1C(=O)O. The lowest BCUT2D eigenvalue weighted by Crippen LogP contribution is -2.57. The minimum Gasteiger partial charge on any atom is -0.465 e. The molecule has 1 aliphatic heterocycles. The number of hydrogen-bond donors (Lipinski definition) is 2. The molecule has 0 spiro atoms. The van der Waals surface area contributed by atoms with Gasteiger partial charge in [-0.2, -0.15) is 5.26 Å². The number of Topliss-reactive ketones (excluding diaryl/α,β-unsaturated/α-hetero) is 1. The average Bonchev–Trinajstić information content (AvgIpc) is 3.16. The minimum atomic E-state index is -1.12. The molecule has 1 saturated heterocycles. The minimum absolute atomic E-state index is 0.0189. The summed E-state index contributed by atoms with van der Waals surface area (Å²) < 4.78 is 1.41. The number of carboxylic acid groups (broad SMARTS) is 1. The van der Waals surface area contributed by atoms with Crippen LogP contribution in [0.5, 0.6) is 0 Å². The summed E-state index contributed by atoms with van der Waals surface area (Å²) in [6.45, 7) is 1.05. The van der Waals surface area contributed by atoms with Crippen molar-refractivity contribution < 1.29 is 14.7 Å². The van der Waals surface area contributed by atoms with E-state index in [1.807, 2.05) is 0 Å². The van der Waals surface area contributed by atoms with E-state index in [-0.39, 0.29) is 25.3 Å². The highest BCUT2D eigenvalue weighted by Crippen LogP contribution is 2.17. The highest BCUT2D eigenvalue weighted by molar-refractivity contribution is 5.89. The number of benzene rings is 1. The van der Waals surface area contributed by atoms with Gasteiger partial charge in [-0.3, -0.25) is 9.69 Å². The number of nitriles is 1. The zero-order chi connectivity index (χ0) is 17.8. The summed E-state index contributed by atoms with van der Waals surface area (Å²) >= 11 is 0. The van der Waals surface area contributed by atoms with Crippen LogP contribution in [0, 0.1) is 11.3 Å². The number of carbonyl (C=O) groups is 2. The van der Waals surface area contributed by atoms with Crippen molar-refractivity contribution in [2.45, 2.75) is 12.5 Å². The number of nitrogens with one attached hydrogen (secondary N) is 1. The van der Waals surface area contributed by atoms with E-state index >= 15 is 0 Å². The van der Waals surface area contributed by atoms with Gasteiger partial charge in [-0.25, -0.2) is 9.48 Å². The molecule has 1 fully saturated rings. The Kier molecular flexibility index (Phi) is 4.67. The first-order valence-corrected chi connectivity index (χ1v) is 7.59. The highest BCUT2D eigenvalue weighted by Gasteiger charge is 2.32. The second-order valence-corrected chi connectivity index (χ2v) is 5.55. The fraction of sp³-hybridized carbons (Fsp3) is 0.333. The molecule has 1 aliphatic rings.